The van der Waals surface area contributed by atoms with E-state index in [-0.39, 0.29) is 0 Å². The Balaban J connectivity index is 0.000000275. The Kier molecular flexibility index (Phi) is 6.92. The van der Waals surface area contributed by atoms with Crippen molar-refractivity contribution >= 4 is 29.1 Å². The van der Waals surface area contributed by atoms with E-state index in [0.717, 1.165) is 48.0 Å². The van der Waals surface area contributed by atoms with Crippen LogP contribution in [-0.4, -0.2) is 47.2 Å². The van der Waals surface area contributed by atoms with E-state index in [1.54, 1.807) is 0 Å². The van der Waals surface area contributed by atoms with E-state index in [2.05, 4.69) is 24.1 Å². The summed E-state index contributed by atoms with van der Waals surface area (Å²) in [6, 6.07) is 14.2. The molecule has 0 bridgehead atoms. The molecule has 1 saturated heterocycles. The van der Waals surface area contributed by atoms with Crippen LogP contribution in [0.15, 0.2) is 60.2 Å². The Labute approximate surface area is 179 Å². The molecule has 6 nitrogen and oxygen atoms in total. The number of likely N-dealkylation sites (tertiary alicyclic amines) is 1. The molecule has 0 aromatic heterocycles. The van der Waals surface area contributed by atoms with Gasteiger partial charge in [-0.1, -0.05) is 35.4 Å². The van der Waals surface area contributed by atoms with Gasteiger partial charge in [-0.15, -0.1) is 0 Å². The van der Waals surface area contributed by atoms with Gasteiger partial charge in [0.1, 0.15) is 11.5 Å². The molecule has 0 amide bonds. The van der Waals surface area contributed by atoms with Crippen molar-refractivity contribution in [3.8, 4) is 11.5 Å². The fraction of sp³-hybridized carbons (Fsp3) is 0.217. The number of fused-ring (bicyclic) bond motifs is 2. The average molecular weight is 428 g/mol. The summed E-state index contributed by atoms with van der Waals surface area (Å²) >= 11 is 6.24. The van der Waals surface area contributed by atoms with Crippen LogP contribution in [0.5, 0.6) is 11.5 Å². The van der Waals surface area contributed by atoms with Crippen LogP contribution >= 0.6 is 11.6 Å². The quantitative estimate of drug-likeness (QED) is 0.577. The Bertz CT molecular complexity index is 1000. The number of carboxylic acid groups (broad SMARTS) is 2. The number of hydrogen-bond donors (Lipinski definition) is 2. The van der Waals surface area contributed by atoms with Gasteiger partial charge in [0.15, 0.2) is 0 Å². The number of ether oxygens (including phenoxy) is 1. The lowest BCUT2D eigenvalue weighted by molar-refractivity contribution is -0.134. The number of para-hydroxylation sites is 1. The second kappa shape index (κ2) is 9.61. The van der Waals surface area contributed by atoms with Crippen molar-refractivity contribution in [2.75, 3.05) is 20.1 Å². The first-order chi connectivity index (χ1) is 14.3. The van der Waals surface area contributed by atoms with Gasteiger partial charge in [-0.05, 0) is 49.7 Å². The van der Waals surface area contributed by atoms with Crippen LogP contribution in [-0.2, 0) is 9.59 Å². The Hall–Kier alpha value is -3.09. The second-order valence-corrected chi connectivity index (χ2v) is 7.47. The Morgan fingerprint density at radius 2 is 1.57 bits per heavy atom. The molecular formula is C23H22ClNO5. The molecule has 2 aliphatic heterocycles. The van der Waals surface area contributed by atoms with Crippen molar-refractivity contribution in [3.05, 3.63) is 76.3 Å². The van der Waals surface area contributed by atoms with Crippen LogP contribution in [0.4, 0.5) is 0 Å². The minimum absolute atomic E-state index is 0.558. The molecule has 2 aromatic rings. The van der Waals surface area contributed by atoms with Crippen molar-refractivity contribution < 1.29 is 24.5 Å². The number of carbonyl (C=O) groups is 2. The van der Waals surface area contributed by atoms with E-state index in [1.165, 1.54) is 16.7 Å². The summed E-state index contributed by atoms with van der Waals surface area (Å²) in [5, 5.41) is 16.4. The molecule has 0 atom stereocenters. The molecule has 4 rings (SSSR count). The van der Waals surface area contributed by atoms with Gasteiger partial charge in [-0.3, -0.25) is 0 Å². The third kappa shape index (κ3) is 5.28. The van der Waals surface area contributed by atoms with Gasteiger partial charge >= 0.3 is 11.9 Å². The molecule has 0 aliphatic carbocycles. The number of piperidine rings is 1. The first kappa shape index (κ1) is 21.6. The van der Waals surface area contributed by atoms with Crippen molar-refractivity contribution in [1.82, 2.24) is 4.90 Å². The fourth-order valence-electron chi connectivity index (χ4n) is 3.47. The predicted molar refractivity (Wildman–Crippen MR) is 115 cm³/mol. The number of carboxylic acids is 2. The maximum absolute atomic E-state index is 9.55. The van der Waals surface area contributed by atoms with Gasteiger partial charge in [-0.2, -0.15) is 0 Å². The van der Waals surface area contributed by atoms with E-state index in [1.807, 2.05) is 30.3 Å². The Morgan fingerprint density at radius 1 is 0.967 bits per heavy atom. The lowest BCUT2D eigenvalue weighted by Gasteiger charge is -2.30. The van der Waals surface area contributed by atoms with Gasteiger partial charge < -0.3 is 19.8 Å². The van der Waals surface area contributed by atoms with Crippen molar-refractivity contribution in [2.45, 2.75) is 12.8 Å². The molecule has 2 heterocycles. The maximum Gasteiger partial charge on any atom is 0.328 e. The van der Waals surface area contributed by atoms with Crippen molar-refractivity contribution in [2.24, 2.45) is 0 Å². The summed E-state index contributed by atoms with van der Waals surface area (Å²) in [5.41, 5.74) is 5.16. The second-order valence-electron chi connectivity index (χ2n) is 7.03. The van der Waals surface area contributed by atoms with E-state index in [9.17, 15) is 9.59 Å². The molecule has 30 heavy (non-hydrogen) atoms. The minimum Gasteiger partial charge on any atom is -0.478 e. The highest BCUT2D eigenvalue weighted by atomic mass is 35.5. The fourth-order valence-corrected chi connectivity index (χ4v) is 3.65. The van der Waals surface area contributed by atoms with Gasteiger partial charge in [-0.25, -0.2) is 9.59 Å². The smallest absolute Gasteiger partial charge is 0.328 e. The zero-order valence-electron chi connectivity index (χ0n) is 16.5. The highest BCUT2D eigenvalue weighted by molar-refractivity contribution is 6.30. The SMILES string of the molecule is CN1CCC(=C2c3ccccc3Oc3ccc(Cl)cc32)CC1.O=C(O)/C=C\C(=O)O. The molecule has 2 N–H and O–H groups in total. The summed E-state index contributed by atoms with van der Waals surface area (Å²) in [6.07, 6.45) is 3.32. The third-order valence-corrected chi connectivity index (χ3v) is 5.14. The van der Waals surface area contributed by atoms with Crippen molar-refractivity contribution in [1.29, 1.82) is 0 Å². The molecule has 156 valence electrons. The summed E-state index contributed by atoms with van der Waals surface area (Å²) < 4.78 is 6.07. The molecule has 0 unspecified atom stereocenters. The van der Waals surface area contributed by atoms with Crippen molar-refractivity contribution in [3.63, 3.8) is 0 Å². The summed E-state index contributed by atoms with van der Waals surface area (Å²) in [7, 11) is 2.18. The van der Waals surface area contributed by atoms with Gasteiger partial charge in [0.25, 0.3) is 0 Å². The van der Waals surface area contributed by atoms with E-state index >= 15 is 0 Å². The molecule has 1 fully saturated rings. The van der Waals surface area contributed by atoms with Gasteiger partial charge in [0.05, 0.1) is 0 Å². The first-order valence-electron chi connectivity index (χ1n) is 9.47. The van der Waals surface area contributed by atoms with Crippen LogP contribution in [0.25, 0.3) is 5.57 Å². The summed E-state index contributed by atoms with van der Waals surface area (Å²) in [4.78, 5) is 21.5. The van der Waals surface area contributed by atoms with Crippen LogP contribution in [0, 0.1) is 0 Å². The molecule has 2 aromatic carbocycles. The van der Waals surface area contributed by atoms with E-state index < -0.39 is 11.9 Å². The van der Waals surface area contributed by atoms with Crippen LogP contribution in [0.2, 0.25) is 5.02 Å². The third-order valence-electron chi connectivity index (χ3n) is 4.90. The van der Waals surface area contributed by atoms with E-state index in [4.69, 9.17) is 26.6 Å². The average Bonchev–Trinajstić information content (AvgIpc) is 2.72. The normalized spacial score (nSPS) is 15.5. The summed E-state index contributed by atoms with van der Waals surface area (Å²) in [5.74, 6) is -0.664. The number of aliphatic carboxylic acids is 2. The molecule has 2 aliphatic rings. The first-order valence-corrected chi connectivity index (χ1v) is 9.84. The van der Waals surface area contributed by atoms with Gasteiger partial charge in [0, 0.05) is 41.4 Å². The van der Waals surface area contributed by atoms with Crippen LogP contribution in [0.1, 0.15) is 24.0 Å². The lowest BCUT2D eigenvalue weighted by atomic mass is 9.86. The van der Waals surface area contributed by atoms with E-state index in [0.29, 0.717) is 12.2 Å². The number of nitrogens with zero attached hydrogens (tertiary/aromatic N) is 1. The molecule has 0 saturated carbocycles. The number of hydrogen-bond acceptors (Lipinski definition) is 4. The number of rotatable bonds is 2. The topological polar surface area (TPSA) is 87.1 Å². The predicted octanol–water partition coefficient (Wildman–Crippen LogP) is 4.69. The highest BCUT2D eigenvalue weighted by Gasteiger charge is 2.26. The monoisotopic (exact) mass is 427 g/mol. The van der Waals surface area contributed by atoms with Gasteiger partial charge in [0.2, 0.25) is 0 Å². The molecule has 7 heteroatoms. The highest BCUT2D eigenvalue weighted by Crippen LogP contribution is 2.46. The molecule has 0 radical (unpaired) electrons. The lowest BCUT2D eigenvalue weighted by Crippen LogP contribution is -2.27. The van der Waals surface area contributed by atoms with Crippen LogP contribution < -0.4 is 4.74 Å². The number of halogens is 1. The maximum atomic E-state index is 9.55. The summed E-state index contributed by atoms with van der Waals surface area (Å²) in [6.45, 7) is 2.22. The zero-order chi connectivity index (χ0) is 21.7. The van der Waals surface area contributed by atoms with Crippen LogP contribution in [0.3, 0.4) is 0 Å². The standard InChI is InChI=1S/C19H18ClNO.C4H4O4/c1-21-10-8-13(9-11-21)19-15-4-2-3-5-17(15)22-18-7-6-14(20)12-16(18)19;5-3(6)1-2-4(7)8/h2-7,12H,8-11H2,1H3;1-2H,(H,5,6)(H,7,8)/b;2-1-. The molecule has 0 spiro atoms. The zero-order valence-corrected chi connectivity index (χ0v) is 17.2. The molecular weight excluding hydrogens is 406 g/mol. The largest absolute Gasteiger partial charge is 0.478 e. The Morgan fingerprint density at radius 3 is 2.20 bits per heavy atom. The minimum atomic E-state index is -1.26. The number of benzene rings is 2.